The number of ether oxygens (including phenoxy) is 1. The van der Waals surface area contributed by atoms with Gasteiger partial charge in [-0.3, -0.25) is 0 Å². The van der Waals surface area contributed by atoms with E-state index in [1.54, 1.807) is 12.1 Å². The summed E-state index contributed by atoms with van der Waals surface area (Å²) in [5.41, 5.74) is 1.08. The molecule has 1 aliphatic heterocycles. The van der Waals surface area contributed by atoms with Crippen molar-refractivity contribution in [3.63, 3.8) is 0 Å². The summed E-state index contributed by atoms with van der Waals surface area (Å²) in [7, 11) is -3.43. The molecule has 4 nitrogen and oxygen atoms in total. The summed E-state index contributed by atoms with van der Waals surface area (Å²) in [6.07, 6.45) is 4.52. The lowest BCUT2D eigenvalue weighted by atomic mass is 10.1. The summed E-state index contributed by atoms with van der Waals surface area (Å²) in [4.78, 5) is 0.427. The van der Waals surface area contributed by atoms with Gasteiger partial charge in [-0.05, 0) is 56.6 Å². The molecule has 1 aromatic carbocycles. The van der Waals surface area contributed by atoms with E-state index in [-0.39, 0.29) is 12.1 Å². The van der Waals surface area contributed by atoms with Crippen LogP contribution < -0.4 is 0 Å². The van der Waals surface area contributed by atoms with Gasteiger partial charge in [0.25, 0.3) is 0 Å². The van der Waals surface area contributed by atoms with E-state index in [0.717, 1.165) is 31.2 Å². The van der Waals surface area contributed by atoms with Gasteiger partial charge in [-0.2, -0.15) is 4.31 Å². The highest BCUT2D eigenvalue weighted by Crippen LogP contribution is 2.45. The fourth-order valence-electron chi connectivity index (χ4n) is 3.54. The van der Waals surface area contributed by atoms with Crippen molar-refractivity contribution in [2.24, 2.45) is 11.8 Å². The number of hydrogen-bond donors (Lipinski definition) is 0. The van der Waals surface area contributed by atoms with E-state index >= 15 is 0 Å². The number of aryl methyl sites for hydroxylation is 1. The summed E-state index contributed by atoms with van der Waals surface area (Å²) in [6, 6.07) is 7.32. The zero-order valence-electron chi connectivity index (χ0n) is 12.9. The van der Waals surface area contributed by atoms with Crippen LogP contribution in [0.5, 0.6) is 0 Å². The number of benzene rings is 1. The minimum atomic E-state index is -3.43. The molecule has 3 fully saturated rings. The van der Waals surface area contributed by atoms with Gasteiger partial charge in [-0.15, -0.1) is 0 Å². The van der Waals surface area contributed by atoms with Crippen molar-refractivity contribution in [2.45, 2.75) is 49.6 Å². The molecule has 0 amide bonds. The zero-order valence-corrected chi connectivity index (χ0v) is 13.8. The van der Waals surface area contributed by atoms with Gasteiger partial charge in [0.2, 0.25) is 10.0 Å². The van der Waals surface area contributed by atoms with Crippen LogP contribution in [0.4, 0.5) is 0 Å². The molecule has 2 atom stereocenters. The monoisotopic (exact) mass is 321 g/mol. The van der Waals surface area contributed by atoms with Crippen molar-refractivity contribution < 1.29 is 13.2 Å². The topological polar surface area (TPSA) is 46.6 Å². The molecule has 0 bridgehead atoms. The van der Waals surface area contributed by atoms with Crippen LogP contribution in [-0.2, 0) is 14.8 Å². The van der Waals surface area contributed by atoms with Gasteiger partial charge in [0.1, 0.15) is 0 Å². The lowest BCUT2D eigenvalue weighted by molar-refractivity contribution is -0.0202. The maximum atomic E-state index is 13.3. The smallest absolute Gasteiger partial charge is 0.243 e. The molecule has 2 saturated carbocycles. The van der Waals surface area contributed by atoms with E-state index in [9.17, 15) is 8.42 Å². The van der Waals surface area contributed by atoms with Crippen LogP contribution in [0.25, 0.3) is 0 Å². The fraction of sp³-hybridized carbons (Fsp3) is 0.647. The van der Waals surface area contributed by atoms with Crippen LogP contribution in [0, 0.1) is 18.8 Å². The highest BCUT2D eigenvalue weighted by molar-refractivity contribution is 7.89. The van der Waals surface area contributed by atoms with Crippen molar-refractivity contribution in [3.8, 4) is 0 Å². The lowest BCUT2D eigenvalue weighted by Gasteiger charge is -2.41. The van der Waals surface area contributed by atoms with Crippen molar-refractivity contribution in [2.75, 3.05) is 13.2 Å². The molecule has 0 N–H and O–H groups in total. The molecular weight excluding hydrogens is 298 g/mol. The molecule has 2 aliphatic carbocycles. The molecule has 0 unspecified atom stereocenters. The molecule has 3 aliphatic rings. The number of sulfonamides is 1. The first-order valence-corrected chi connectivity index (χ1v) is 9.69. The highest BCUT2D eigenvalue weighted by atomic mass is 32.2. The Hall–Kier alpha value is -0.910. The van der Waals surface area contributed by atoms with Crippen molar-refractivity contribution in [1.82, 2.24) is 4.31 Å². The molecule has 4 rings (SSSR count). The van der Waals surface area contributed by atoms with E-state index < -0.39 is 10.0 Å². The van der Waals surface area contributed by atoms with Gasteiger partial charge in [-0.1, -0.05) is 17.7 Å². The fourth-order valence-corrected chi connectivity index (χ4v) is 5.44. The highest BCUT2D eigenvalue weighted by Gasteiger charge is 2.50. The normalized spacial score (nSPS) is 30.4. The lowest BCUT2D eigenvalue weighted by Crippen LogP contribution is -2.56. The summed E-state index contributed by atoms with van der Waals surface area (Å²) >= 11 is 0. The summed E-state index contributed by atoms with van der Waals surface area (Å²) < 4.78 is 34.1. The Morgan fingerprint density at radius 2 is 1.45 bits per heavy atom. The third kappa shape index (κ3) is 2.59. The number of nitrogens with zero attached hydrogens (tertiary/aromatic N) is 1. The van der Waals surface area contributed by atoms with Crippen LogP contribution in [0.15, 0.2) is 29.2 Å². The van der Waals surface area contributed by atoms with Gasteiger partial charge in [0, 0.05) is 0 Å². The Labute approximate surface area is 132 Å². The molecule has 0 spiro atoms. The van der Waals surface area contributed by atoms with Crippen molar-refractivity contribution in [3.05, 3.63) is 29.8 Å². The van der Waals surface area contributed by atoms with E-state index in [2.05, 4.69) is 0 Å². The molecule has 1 saturated heterocycles. The minimum Gasteiger partial charge on any atom is -0.378 e. The first-order valence-electron chi connectivity index (χ1n) is 8.25. The molecule has 5 heteroatoms. The van der Waals surface area contributed by atoms with Crippen molar-refractivity contribution in [1.29, 1.82) is 0 Å². The molecule has 120 valence electrons. The predicted molar refractivity (Wildman–Crippen MR) is 84.0 cm³/mol. The summed E-state index contributed by atoms with van der Waals surface area (Å²) in [5, 5.41) is 0. The molecule has 0 aromatic heterocycles. The third-order valence-electron chi connectivity index (χ3n) is 5.16. The Kier molecular flexibility index (Phi) is 3.55. The Morgan fingerprint density at radius 3 is 1.91 bits per heavy atom. The third-order valence-corrected chi connectivity index (χ3v) is 7.12. The predicted octanol–water partition coefficient (Wildman–Crippen LogP) is 2.57. The van der Waals surface area contributed by atoms with Crippen LogP contribution in [0.2, 0.25) is 0 Å². The van der Waals surface area contributed by atoms with E-state index in [1.807, 2.05) is 23.4 Å². The van der Waals surface area contributed by atoms with Crippen LogP contribution in [0.1, 0.15) is 31.2 Å². The second-order valence-corrected chi connectivity index (χ2v) is 8.84. The average Bonchev–Trinajstić information content (AvgIpc) is 3.40. The minimum absolute atomic E-state index is 0.0330. The van der Waals surface area contributed by atoms with Gasteiger partial charge >= 0.3 is 0 Å². The first kappa shape index (κ1) is 14.7. The number of hydrogen-bond acceptors (Lipinski definition) is 3. The maximum absolute atomic E-state index is 13.3. The molecule has 22 heavy (non-hydrogen) atoms. The summed E-state index contributed by atoms with van der Waals surface area (Å²) in [6.45, 7) is 3.09. The second-order valence-electron chi connectivity index (χ2n) is 7.00. The molecule has 1 aromatic rings. The second kappa shape index (κ2) is 5.32. The Bertz CT molecular complexity index is 627. The standard InChI is InChI=1S/C17H23NO3S/c1-12-2-8-15(9-3-12)22(19,20)18-16(13-4-5-13)10-21-11-17(18)14-6-7-14/h2-3,8-9,13-14,16-17H,4-7,10-11H2,1H3/t16-,17+. The molecule has 0 radical (unpaired) electrons. The number of morpholine rings is 1. The SMILES string of the molecule is Cc1ccc(S(=O)(=O)N2[C@@H](C3CC3)COC[C@H]2C2CC2)cc1. The van der Waals surface area contributed by atoms with Crippen LogP contribution in [-0.4, -0.2) is 38.0 Å². The van der Waals surface area contributed by atoms with Gasteiger partial charge in [0.05, 0.1) is 30.2 Å². The van der Waals surface area contributed by atoms with Gasteiger partial charge in [-0.25, -0.2) is 8.42 Å². The quantitative estimate of drug-likeness (QED) is 0.856. The Balaban J connectivity index is 1.72. The van der Waals surface area contributed by atoms with Crippen molar-refractivity contribution >= 4 is 10.0 Å². The van der Waals surface area contributed by atoms with Crippen LogP contribution in [0.3, 0.4) is 0 Å². The van der Waals surface area contributed by atoms with E-state index in [4.69, 9.17) is 4.74 Å². The average molecular weight is 321 g/mol. The Morgan fingerprint density at radius 1 is 0.955 bits per heavy atom. The maximum Gasteiger partial charge on any atom is 0.243 e. The molecular formula is C17H23NO3S. The van der Waals surface area contributed by atoms with Gasteiger partial charge < -0.3 is 4.74 Å². The zero-order chi connectivity index (χ0) is 15.3. The van der Waals surface area contributed by atoms with Crippen LogP contribution >= 0.6 is 0 Å². The van der Waals surface area contributed by atoms with E-state index in [1.165, 1.54) is 0 Å². The first-order chi connectivity index (χ1) is 10.6. The van der Waals surface area contributed by atoms with E-state index in [0.29, 0.717) is 29.9 Å². The molecule has 1 heterocycles. The largest absolute Gasteiger partial charge is 0.378 e. The number of rotatable bonds is 4. The summed E-state index contributed by atoms with van der Waals surface area (Å²) in [5.74, 6) is 0.976. The van der Waals surface area contributed by atoms with Gasteiger partial charge in [0.15, 0.2) is 0 Å².